The monoisotopic (exact) mass is 352 g/mol. The minimum atomic E-state index is -5.02. The fourth-order valence-corrected chi connectivity index (χ4v) is 2.57. The van der Waals surface area contributed by atoms with Crippen molar-refractivity contribution in [2.75, 3.05) is 0 Å². The molecule has 23 heavy (non-hydrogen) atoms. The van der Waals surface area contributed by atoms with Crippen LogP contribution in [-0.4, -0.2) is 43.9 Å². The van der Waals surface area contributed by atoms with Gasteiger partial charge in [-0.3, -0.25) is 9.48 Å². The van der Waals surface area contributed by atoms with Gasteiger partial charge in [-0.1, -0.05) is 18.5 Å². The molecule has 2 rings (SSSR count). The van der Waals surface area contributed by atoms with Gasteiger partial charge in [0.2, 0.25) is 0 Å². The number of hydrogen-bond donors (Lipinski definition) is 1. The molecule has 1 aliphatic rings. The van der Waals surface area contributed by atoms with Crippen molar-refractivity contribution in [3.8, 4) is 0 Å². The molecule has 0 saturated heterocycles. The van der Waals surface area contributed by atoms with E-state index < -0.39 is 30.3 Å². The van der Waals surface area contributed by atoms with Gasteiger partial charge in [0.15, 0.2) is 0 Å². The third-order valence-corrected chi connectivity index (χ3v) is 4.34. The highest BCUT2D eigenvalue weighted by Gasteiger charge is 2.62. The molecule has 1 aromatic heterocycles. The molecule has 0 spiro atoms. The number of carbonyl (C=O) groups excluding carboxylic acids is 1. The molecule has 1 amide bonds. The summed E-state index contributed by atoms with van der Waals surface area (Å²) in [6, 6.07) is -1.05. The van der Waals surface area contributed by atoms with Gasteiger partial charge in [-0.05, 0) is 20.3 Å². The molecule has 0 radical (unpaired) electrons. The molecule has 2 heterocycles. The molecule has 1 N–H and O–H groups in total. The van der Waals surface area contributed by atoms with Crippen LogP contribution in [-0.2, 0) is 4.79 Å². The van der Waals surface area contributed by atoms with Crippen LogP contribution in [0.1, 0.15) is 37.2 Å². The third-order valence-electron chi connectivity index (χ3n) is 3.79. The molecule has 1 aromatic rings. The lowest BCUT2D eigenvalue weighted by Crippen LogP contribution is -2.57. The molecule has 128 valence electrons. The molecule has 0 bridgehead atoms. The molecule has 0 aliphatic carbocycles. The number of alkyl halides is 3. The number of aromatic nitrogens is 2. The lowest BCUT2D eigenvalue weighted by Gasteiger charge is -2.34. The Morgan fingerprint density at radius 1 is 1.52 bits per heavy atom. The Hall–Kier alpha value is -1.61. The molecular weight excluding hydrogens is 337 g/mol. The van der Waals surface area contributed by atoms with E-state index in [2.05, 4.69) is 10.2 Å². The van der Waals surface area contributed by atoms with E-state index >= 15 is 0 Å². The van der Waals surface area contributed by atoms with Gasteiger partial charge < -0.3 is 5.11 Å². The molecular formula is C13H16ClF3N4O2. The summed E-state index contributed by atoms with van der Waals surface area (Å²) in [6.45, 7) is 4.87. The van der Waals surface area contributed by atoms with E-state index in [1.807, 2.05) is 0 Å². The Balaban J connectivity index is 2.41. The zero-order valence-corrected chi connectivity index (χ0v) is 13.5. The Kier molecular flexibility index (Phi) is 4.46. The number of hydrazone groups is 1. The molecule has 0 aromatic carbocycles. The minimum absolute atomic E-state index is 0.0888. The highest BCUT2D eigenvalue weighted by atomic mass is 35.5. The van der Waals surface area contributed by atoms with Crippen LogP contribution in [0.3, 0.4) is 0 Å². The van der Waals surface area contributed by atoms with Crippen LogP contribution in [0.25, 0.3) is 0 Å². The maximum atomic E-state index is 13.1. The van der Waals surface area contributed by atoms with Crippen LogP contribution >= 0.6 is 11.6 Å². The molecule has 0 fully saturated rings. The van der Waals surface area contributed by atoms with Gasteiger partial charge in [0.25, 0.3) is 11.6 Å². The van der Waals surface area contributed by atoms with E-state index in [0.717, 1.165) is 6.21 Å². The molecule has 10 heteroatoms. The number of hydrogen-bond acceptors (Lipinski definition) is 4. The molecule has 1 aliphatic heterocycles. The third kappa shape index (κ3) is 2.72. The number of carbonyl (C=O) groups is 1. The van der Waals surface area contributed by atoms with Crippen LogP contribution in [0.15, 0.2) is 5.10 Å². The van der Waals surface area contributed by atoms with Crippen molar-refractivity contribution in [1.29, 1.82) is 0 Å². The summed E-state index contributed by atoms with van der Waals surface area (Å²) in [7, 11) is 0. The quantitative estimate of drug-likeness (QED) is 0.908. The zero-order chi connectivity index (χ0) is 17.6. The van der Waals surface area contributed by atoms with E-state index in [4.69, 9.17) is 11.6 Å². The second kappa shape index (κ2) is 5.79. The summed E-state index contributed by atoms with van der Waals surface area (Å²) >= 11 is 6.03. The zero-order valence-electron chi connectivity index (χ0n) is 12.7. The van der Waals surface area contributed by atoms with Crippen LogP contribution in [0.5, 0.6) is 0 Å². The van der Waals surface area contributed by atoms with Gasteiger partial charge in [0, 0.05) is 12.6 Å². The smallest absolute Gasteiger partial charge is 0.362 e. The lowest BCUT2D eigenvalue weighted by atomic mass is 10.1. The Labute approximate surface area is 135 Å². The van der Waals surface area contributed by atoms with Crippen LogP contribution in [0, 0.1) is 13.8 Å². The topological polar surface area (TPSA) is 70.7 Å². The lowest BCUT2D eigenvalue weighted by molar-refractivity contribution is -0.303. The number of nitrogens with zero attached hydrogens (tertiary/aromatic N) is 4. The summed E-state index contributed by atoms with van der Waals surface area (Å²) < 4.78 is 40.6. The van der Waals surface area contributed by atoms with Gasteiger partial charge in [0.1, 0.15) is 6.04 Å². The predicted molar refractivity (Wildman–Crippen MR) is 77.0 cm³/mol. The van der Waals surface area contributed by atoms with E-state index in [9.17, 15) is 23.1 Å². The average molecular weight is 353 g/mol. The van der Waals surface area contributed by atoms with Crippen molar-refractivity contribution in [2.24, 2.45) is 5.10 Å². The molecule has 2 atom stereocenters. The van der Waals surface area contributed by atoms with Crippen LogP contribution < -0.4 is 0 Å². The minimum Gasteiger partial charge on any atom is -0.362 e. The maximum absolute atomic E-state index is 13.1. The second-order valence-electron chi connectivity index (χ2n) is 5.32. The fourth-order valence-electron chi connectivity index (χ4n) is 2.45. The summed E-state index contributed by atoms with van der Waals surface area (Å²) in [5, 5.41) is 17.8. The van der Waals surface area contributed by atoms with Crippen molar-refractivity contribution in [3.05, 3.63) is 16.4 Å². The van der Waals surface area contributed by atoms with Crippen molar-refractivity contribution in [3.63, 3.8) is 0 Å². The summed E-state index contributed by atoms with van der Waals surface area (Å²) in [6.07, 6.45) is -4.80. The average Bonchev–Trinajstić information content (AvgIpc) is 2.97. The first-order valence-electron chi connectivity index (χ1n) is 6.91. The van der Waals surface area contributed by atoms with Crippen LogP contribution in [0.4, 0.5) is 13.2 Å². The van der Waals surface area contributed by atoms with Gasteiger partial charge in [-0.15, -0.1) is 0 Å². The summed E-state index contributed by atoms with van der Waals surface area (Å²) in [4.78, 5) is 12.6. The van der Waals surface area contributed by atoms with Gasteiger partial charge >= 0.3 is 6.18 Å². The Bertz CT molecular complexity index is 658. The van der Waals surface area contributed by atoms with Gasteiger partial charge in [-0.2, -0.15) is 28.4 Å². The number of aliphatic hydroxyl groups is 1. The first-order valence-corrected chi connectivity index (χ1v) is 7.29. The largest absolute Gasteiger partial charge is 0.438 e. The van der Waals surface area contributed by atoms with Crippen molar-refractivity contribution in [1.82, 2.24) is 14.8 Å². The van der Waals surface area contributed by atoms with Gasteiger partial charge in [-0.25, -0.2) is 0 Å². The standard InChI is InChI=1S/C13H16ClF3N4O2/c1-4-9(20-8(3)10(14)7(2)19-20)11(22)21-12(23,5-6-18-21)13(15,16)17/h6,9,23H,4-5H2,1-3H3/t9-,12+/m0/s1. The Morgan fingerprint density at radius 3 is 2.57 bits per heavy atom. The first-order chi connectivity index (χ1) is 10.5. The predicted octanol–water partition coefficient (Wildman–Crippen LogP) is 2.57. The van der Waals surface area contributed by atoms with Gasteiger partial charge in [0.05, 0.1) is 16.4 Å². The molecule has 0 saturated carbocycles. The first kappa shape index (κ1) is 17.7. The number of halogens is 4. The van der Waals surface area contributed by atoms with E-state index in [0.29, 0.717) is 16.4 Å². The number of amides is 1. The van der Waals surface area contributed by atoms with E-state index in [1.165, 1.54) is 4.68 Å². The van der Waals surface area contributed by atoms with E-state index in [-0.39, 0.29) is 11.4 Å². The maximum Gasteiger partial charge on any atom is 0.438 e. The highest BCUT2D eigenvalue weighted by Crippen LogP contribution is 2.40. The van der Waals surface area contributed by atoms with Crippen molar-refractivity contribution >= 4 is 23.7 Å². The number of rotatable bonds is 3. The number of aryl methyl sites for hydroxylation is 1. The fraction of sp³-hybridized carbons (Fsp3) is 0.615. The van der Waals surface area contributed by atoms with E-state index in [1.54, 1.807) is 20.8 Å². The van der Waals surface area contributed by atoms with Crippen molar-refractivity contribution in [2.45, 2.75) is 51.6 Å². The molecule has 6 nitrogen and oxygen atoms in total. The Morgan fingerprint density at radius 2 is 2.13 bits per heavy atom. The van der Waals surface area contributed by atoms with Crippen molar-refractivity contribution < 1.29 is 23.1 Å². The second-order valence-corrected chi connectivity index (χ2v) is 5.70. The highest BCUT2D eigenvalue weighted by molar-refractivity contribution is 6.31. The SMILES string of the molecule is CC[C@@H](C(=O)N1N=CC[C@@]1(O)C(F)(F)F)n1nc(C)c(Cl)c1C. The summed E-state index contributed by atoms with van der Waals surface area (Å²) in [5.41, 5.74) is -2.41. The molecule has 0 unspecified atom stereocenters. The normalized spacial score (nSPS) is 22.7. The van der Waals surface area contributed by atoms with Crippen LogP contribution in [0.2, 0.25) is 5.02 Å². The summed E-state index contributed by atoms with van der Waals surface area (Å²) in [5.74, 6) is -0.997.